The van der Waals surface area contributed by atoms with E-state index in [2.05, 4.69) is 10.6 Å². The van der Waals surface area contributed by atoms with Crippen molar-refractivity contribution in [2.75, 3.05) is 35.1 Å². The molecule has 1 atom stereocenters. The van der Waals surface area contributed by atoms with Crippen LogP contribution in [0.2, 0.25) is 0 Å². The van der Waals surface area contributed by atoms with Crippen LogP contribution in [-0.4, -0.2) is 52.8 Å². The lowest BCUT2D eigenvalue weighted by Crippen LogP contribution is -2.46. The normalized spacial score (nSPS) is 15.8. The van der Waals surface area contributed by atoms with Gasteiger partial charge in [0.2, 0.25) is 24.5 Å². The van der Waals surface area contributed by atoms with Gasteiger partial charge >= 0.3 is 0 Å². The van der Waals surface area contributed by atoms with E-state index < -0.39 is 22.6 Å². The van der Waals surface area contributed by atoms with Crippen molar-refractivity contribution < 1.29 is 28.1 Å². The maximum absolute atomic E-state index is 13.0. The molecule has 2 N–H and O–H groups in total. The first-order valence-electron chi connectivity index (χ1n) is 11.7. The van der Waals surface area contributed by atoms with E-state index in [-0.39, 0.29) is 36.8 Å². The lowest BCUT2D eigenvalue weighted by molar-refractivity contribution is -0.123. The number of anilines is 2. The first-order chi connectivity index (χ1) is 17.0. The van der Waals surface area contributed by atoms with E-state index in [0.29, 0.717) is 22.9 Å². The van der Waals surface area contributed by atoms with Crippen LogP contribution in [0, 0.1) is 0 Å². The number of amides is 3. The van der Waals surface area contributed by atoms with E-state index in [0.717, 1.165) is 25.7 Å². The number of rotatable bonds is 9. The first kappa shape index (κ1) is 24.7. The summed E-state index contributed by atoms with van der Waals surface area (Å²) in [6.07, 6.45) is 5.22. The summed E-state index contributed by atoms with van der Waals surface area (Å²) in [4.78, 5) is 39.4. The second kappa shape index (κ2) is 11.8. The molecule has 186 valence electrons. The Balaban J connectivity index is 1.33. The molecule has 9 nitrogen and oxygen atoms in total. The molecule has 2 aromatic rings. The van der Waals surface area contributed by atoms with E-state index in [1.165, 1.54) is 11.3 Å². The lowest BCUT2D eigenvalue weighted by Gasteiger charge is -2.26. The van der Waals surface area contributed by atoms with Gasteiger partial charge in [0.25, 0.3) is 0 Å². The highest BCUT2D eigenvalue weighted by atomic mass is 32.2. The molecular formula is C25H29N3O6S. The van der Waals surface area contributed by atoms with Crippen molar-refractivity contribution in [3.63, 3.8) is 0 Å². The fourth-order valence-electron chi connectivity index (χ4n) is 4.18. The summed E-state index contributed by atoms with van der Waals surface area (Å²) < 4.78 is 23.2. The van der Waals surface area contributed by atoms with Crippen molar-refractivity contribution in [2.24, 2.45) is 0 Å². The number of nitrogens with one attached hydrogen (secondary N) is 2. The number of nitrogens with zero attached hydrogens (tertiary/aromatic N) is 1. The van der Waals surface area contributed by atoms with Crippen LogP contribution >= 0.6 is 0 Å². The van der Waals surface area contributed by atoms with E-state index >= 15 is 0 Å². The number of carbonyl (C=O) groups excluding carboxylic acids is 3. The molecule has 0 spiro atoms. The molecule has 2 aliphatic rings. The quantitative estimate of drug-likeness (QED) is 0.548. The van der Waals surface area contributed by atoms with Crippen molar-refractivity contribution in [1.29, 1.82) is 0 Å². The van der Waals surface area contributed by atoms with Crippen LogP contribution < -0.4 is 25.0 Å². The molecule has 10 heteroatoms. The molecule has 1 aliphatic heterocycles. The van der Waals surface area contributed by atoms with Crippen LogP contribution in [0.4, 0.5) is 11.4 Å². The van der Waals surface area contributed by atoms with Crippen molar-refractivity contribution in [2.45, 2.75) is 38.1 Å². The molecule has 1 unspecified atom stereocenters. The summed E-state index contributed by atoms with van der Waals surface area (Å²) in [5, 5.41) is 5.67. The molecule has 1 saturated carbocycles. The standard InChI is InChI=1S/C25H29N3O6S/c29-23(26-18-7-3-1-4-8-18)14-28(20-9-5-2-6-10-20)25(31)16-35(32)15-24(30)27-19-11-12-21-22(13-19)34-17-33-21/h2,5-6,9-13,18H,1,3-4,7-8,14-17H2,(H,26,29)(H,27,30). The Hall–Kier alpha value is -3.40. The van der Waals surface area contributed by atoms with Gasteiger partial charge in [-0.2, -0.15) is 0 Å². The van der Waals surface area contributed by atoms with Crippen molar-refractivity contribution in [3.05, 3.63) is 48.5 Å². The summed E-state index contributed by atoms with van der Waals surface area (Å²) in [6, 6.07) is 13.9. The van der Waals surface area contributed by atoms with Crippen molar-refractivity contribution in [3.8, 4) is 11.5 Å². The van der Waals surface area contributed by atoms with Gasteiger partial charge in [-0.3, -0.25) is 18.6 Å². The number of hydrogen-bond donors (Lipinski definition) is 2. The first-order valence-corrected chi connectivity index (χ1v) is 13.2. The van der Waals surface area contributed by atoms with Gasteiger partial charge in [-0.15, -0.1) is 0 Å². The number of benzene rings is 2. The average Bonchev–Trinajstić information content (AvgIpc) is 3.31. The second-order valence-electron chi connectivity index (χ2n) is 8.56. The fraction of sp³-hybridized carbons (Fsp3) is 0.400. The molecule has 1 heterocycles. The molecule has 1 aliphatic carbocycles. The molecule has 1 fully saturated rings. The minimum absolute atomic E-state index is 0.120. The maximum atomic E-state index is 13.0. The third-order valence-electron chi connectivity index (χ3n) is 5.87. The third kappa shape index (κ3) is 7.05. The third-order valence-corrected chi connectivity index (χ3v) is 7.03. The summed E-state index contributed by atoms with van der Waals surface area (Å²) in [5.74, 6) is -0.840. The predicted molar refractivity (Wildman–Crippen MR) is 133 cm³/mol. The minimum atomic E-state index is -1.76. The van der Waals surface area contributed by atoms with Crippen molar-refractivity contribution in [1.82, 2.24) is 5.32 Å². The number of carbonyl (C=O) groups is 3. The predicted octanol–water partition coefficient (Wildman–Crippen LogP) is 2.58. The summed E-state index contributed by atoms with van der Waals surface area (Å²) in [7, 11) is -1.76. The summed E-state index contributed by atoms with van der Waals surface area (Å²) >= 11 is 0. The van der Waals surface area contributed by atoms with E-state index in [9.17, 15) is 18.6 Å². The van der Waals surface area contributed by atoms with E-state index in [1.54, 1.807) is 42.5 Å². The Kier molecular flexibility index (Phi) is 8.36. The molecular weight excluding hydrogens is 470 g/mol. The molecule has 0 bridgehead atoms. The van der Waals surface area contributed by atoms with Crippen molar-refractivity contribution >= 4 is 39.9 Å². The number of para-hydroxylation sites is 1. The zero-order chi connectivity index (χ0) is 24.6. The van der Waals surface area contributed by atoms with Crippen LogP contribution in [0.25, 0.3) is 0 Å². The number of ether oxygens (including phenoxy) is 2. The largest absolute Gasteiger partial charge is 0.454 e. The average molecular weight is 500 g/mol. The Morgan fingerprint density at radius 2 is 1.66 bits per heavy atom. The van der Waals surface area contributed by atoms with Gasteiger partial charge < -0.3 is 25.0 Å². The van der Waals surface area contributed by atoms with E-state index in [4.69, 9.17) is 9.47 Å². The van der Waals surface area contributed by atoms with Crippen LogP contribution in [0.1, 0.15) is 32.1 Å². The summed E-state index contributed by atoms with van der Waals surface area (Å²) in [6.45, 7) is -0.0462. The Labute approximate surface area is 206 Å². The molecule has 2 aromatic carbocycles. The highest BCUT2D eigenvalue weighted by Gasteiger charge is 2.24. The smallest absolute Gasteiger partial charge is 0.240 e. The number of fused-ring (bicyclic) bond motifs is 1. The van der Waals surface area contributed by atoms with Gasteiger partial charge in [-0.1, -0.05) is 37.5 Å². The molecule has 35 heavy (non-hydrogen) atoms. The maximum Gasteiger partial charge on any atom is 0.240 e. The van der Waals surface area contributed by atoms with Crippen LogP contribution in [0.15, 0.2) is 48.5 Å². The zero-order valence-corrected chi connectivity index (χ0v) is 20.2. The van der Waals surface area contributed by atoms with Gasteiger partial charge in [-0.25, -0.2) is 0 Å². The molecule has 4 rings (SSSR count). The summed E-state index contributed by atoms with van der Waals surface area (Å²) in [5.41, 5.74) is 1.02. The Bertz CT molecular complexity index is 1090. The Morgan fingerprint density at radius 1 is 0.914 bits per heavy atom. The molecule has 0 saturated heterocycles. The van der Waals surface area contributed by atoms with Crippen LogP contribution in [-0.2, 0) is 25.2 Å². The Morgan fingerprint density at radius 3 is 2.43 bits per heavy atom. The lowest BCUT2D eigenvalue weighted by atomic mass is 9.95. The second-order valence-corrected chi connectivity index (χ2v) is 10.0. The highest BCUT2D eigenvalue weighted by Crippen LogP contribution is 2.34. The molecule has 0 radical (unpaired) electrons. The number of hydrogen-bond acceptors (Lipinski definition) is 6. The van der Waals surface area contributed by atoms with Gasteiger partial charge in [0.15, 0.2) is 11.5 Å². The fourth-order valence-corrected chi connectivity index (χ4v) is 5.08. The topological polar surface area (TPSA) is 114 Å². The SMILES string of the molecule is O=C(CS(=O)CC(=O)N(CC(=O)NC1CCCCC1)c1ccccc1)Nc1ccc2c(c1)OCO2. The van der Waals surface area contributed by atoms with Gasteiger partial charge in [0.1, 0.15) is 18.1 Å². The van der Waals surface area contributed by atoms with Gasteiger partial charge in [0.05, 0.1) is 0 Å². The van der Waals surface area contributed by atoms with Crippen LogP contribution in [0.5, 0.6) is 11.5 Å². The molecule has 3 amide bonds. The monoisotopic (exact) mass is 499 g/mol. The zero-order valence-electron chi connectivity index (χ0n) is 19.4. The minimum Gasteiger partial charge on any atom is -0.454 e. The van der Waals surface area contributed by atoms with E-state index in [1.807, 2.05) is 6.07 Å². The highest BCUT2D eigenvalue weighted by molar-refractivity contribution is 7.86. The van der Waals surface area contributed by atoms with Gasteiger partial charge in [0, 0.05) is 34.3 Å². The van der Waals surface area contributed by atoms with Gasteiger partial charge in [-0.05, 0) is 37.1 Å². The molecule has 0 aromatic heterocycles. The van der Waals surface area contributed by atoms with Crippen LogP contribution in [0.3, 0.4) is 0 Å².